The van der Waals surface area contributed by atoms with Crippen LogP contribution >= 0.6 is 35.7 Å². The minimum atomic E-state index is 0. The van der Waals surface area contributed by atoms with E-state index in [1.807, 2.05) is 36.0 Å². The topological polar surface area (TPSA) is 54.9 Å². The van der Waals surface area contributed by atoms with Gasteiger partial charge >= 0.3 is 0 Å². The molecule has 0 fully saturated rings. The number of para-hydroxylation sites is 1. The highest BCUT2D eigenvalue weighted by Gasteiger charge is 2.15. The van der Waals surface area contributed by atoms with Crippen LogP contribution in [0.3, 0.4) is 0 Å². The molecule has 0 heterocycles. The van der Waals surface area contributed by atoms with E-state index in [2.05, 4.69) is 42.7 Å². The lowest BCUT2D eigenvalue weighted by Crippen LogP contribution is -2.40. The molecule has 0 spiro atoms. The highest BCUT2D eigenvalue weighted by atomic mass is 127. The molecule has 1 aromatic rings. The summed E-state index contributed by atoms with van der Waals surface area (Å²) >= 11 is 1.82. The molecule has 5 nitrogen and oxygen atoms in total. The standard InChI is InChI=1S/C18H31N3O2S.HI/c1-6-19-17(21-14-18(2,3)24-5)20-11-12-23-13-15-9-7-8-10-16(15)22-4;/h7-10H,6,11-14H2,1-5H3,(H2,19,20,21);1H. The van der Waals surface area contributed by atoms with E-state index in [9.17, 15) is 0 Å². The van der Waals surface area contributed by atoms with E-state index in [1.165, 1.54) is 0 Å². The summed E-state index contributed by atoms with van der Waals surface area (Å²) in [5.74, 6) is 1.69. The molecule has 0 aliphatic heterocycles. The monoisotopic (exact) mass is 481 g/mol. The first-order chi connectivity index (χ1) is 11.5. The van der Waals surface area contributed by atoms with Gasteiger partial charge in [0.15, 0.2) is 5.96 Å². The zero-order chi connectivity index (χ0) is 17.8. The van der Waals surface area contributed by atoms with Crippen LogP contribution in [0.4, 0.5) is 0 Å². The number of methoxy groups -OCH3 is 1. The van der Waals surface area contributed by atoms with Crippen LogP contribution in [0.1, 0.15) is 26.3 Å². The van der Waals surface area contributed by atoms with Crippen molar-refractivity contribution in [1.82, 2.24) is 10.6 Å². The molecule has 25 heavy (non-hydrogen) atoms. The van der Waals surface area contributed by atoms with E-state index >= 15 is 0 Å². The quantitative estimate of drug-likeness (QED) is 0.232. The maximum Gasteiger partial charge on any atom is 0.191 e. The van der Waals surface area contributed by atoms with Crippen molar-refractivity contribution >= 4 is 41.7 Å². The predicted octanol–water partition coefficient (Wildman–Crippen LogP) is 3.53. The van der Waals surface area contributed by atoms with Gasteiger partial charge in [0, 0.05) is 23.4 Å². The fourth-order valence-corrected chi connectivity index (χ4v) is 2.12. The number of ether oxygens (including phenoxy) is 2. The van der Waals surface area contributed by atoms with Crippen molar-refractivity contribution in [1.29, 1.82) is 0 Å². The van der Waals surface area contributed by atoms with Crippen molar-refractivity contribution < 1.29 is 9.47 Å². The van der Waals surface area contributed by atoms with Crippen LogP contribution in [-0.4, -0.2) is 50.3 Å². The third-order valence-corrected chi connectivity index (χ3v) is 4.74. The summed E-state index contributed by atoms with van der Waals surface area (Å²) in [6.07, 6.45) is 2.11. The molecule has 2 N–H and O–H groups in total. The largest absolute Gasteiger partial charge is 0.496 e. The van der Waals surface area contributed by atoms with Gasteiger partial charge in [-0.3, -0.25) is 4.99 Å². The number of aliphatic imine (C=N–C) groups is 1. The van der Waals surface area contributed by atoms with Gasteiger partial charge in [0.05, 0.1) is 26.9 Å². The Balaban J connectivity index is 0.00000576. The molecule has 0 bridgehead atoms. The first-order valence-electron chi connectivity index (χ1n) is 8.29. The van der Waals surface area contributed by atoms with Crippen LogP contribution < -0.4 is 15.4 Å². The summed E-state index contributed by atoms with van der Waals surface area (Å²) in [7, 11) is 1.68. The fourth-order valence-electron chi connectivity index (χ4n) is 1.92. The zero-order valence-corrected chi connectivity index (χ0v) is 19.1. The van der Waals surface area contributed by atoms with Gasteiger partial charge in [0.2, 0.25) is 0 Å². The number of hydrogen-bond donors (Lipinski definition) is 2. The number of thioether (sulfide) groups is 1. The Morgan fingerprint density at radius 1 is 1.24 bits per heavy atom. The highest BCUT2D eigenvalue weighted by Crippen LogP contribution is 2.21. The molecule has 0 aliphatic carbocycles. The SMILES string of the molecule is CCNC(=NCC(C)(C)SC)NCCOCc1ccccc1OC.I. The number of rotatable bonds is 10. The third-order valence-electron chi connectivity index (χ3n) is 3.50. The summed E-state index contributed by atoms with van der Waals surface area (Å²) in [6, 6.07) is 7.91. The van der Waals surface area contributed by atoms with Gasteiger partial charge in [-0.2, -0.15) is 11.8 Å². The number of benzene rings is 1. The molecule has 0 atom stereocenters. The van der Waals surface area contributed by atoms with Crippen molar-refractivity contribution in [3.63, 3.8) is 0 Å². The number of hydrogen-bond acceptors (Lipinski definition) is 4. The van der Waals surface area contributed by atoms with Crippen molar-refractivity contribution in [2.75, 3.05) is 39.6 Å². The molecule has 1 aromatic carbocycles. The molecule has 7 heteroatoms. The Hall–Kier alpha value is -0.670. The van der Waals surface area contributed by atoms with Crippen molar-refractivity contribution in [2.45, 2.75) is 32.1 Å². The van der Waals surface area contributed by atoms with Gasteiger partial charge in [-0.1, -0.05) is 18.2 Å². The van der Waals surface area contributed by atoms with Crippen LogP contribution in [0, 0.1) is 0 Å². The Labute approximate surface area is 173 Å². The van der Waals surface area contributed by atoms with Crippen LogP contribution in [0.15, 0.2) is 29.3 Å². The molecule has 0 saturated heterocycles. The van der Waals surface area contributed by atoms with Crippen LogP contribution in [0.5, 0.6) is 5.75 Å². The summed E-state index contributed by atoms with van der Waals surface area (Å²) < 4.78 is 11.2. The Morgan fingerprint density at radius 2 is 1.96 bits per heavy atom. The van der Waals surface area contributed by atoms with E-state index in [1.54, 1.807) is 7.11 Å². The van der Waals surface area contributed by atoms with E-state index in [4.69, 9.17) is 9.47 Å². The van der Waals surface area contributed by atoms with Crippen molar-refractivity contribution in [3.05, 3.63) is 29.8 Å². The average molecular weight is 481 g/mol. The molecule has 0 aliphatic rings. The molecule has 0 radical (unpaired) electrons. The number of nitrogens with one attached hydrogen (secondary N) is 2. The number of nitrogens with zero attached hydrogens (tertiary/aromatic N) is 1. The van der Waals surface area contributed by atoms with Crippen molar-refractivity contribution in [3.8, 4) is 5.75 Å². The Kier molecular flexibility index (Phi) is 13.2. The smallest absolute Gasteiger partial charge is 0.191 e. The lowest BCUT2D eigenvalue weighted by Gasteiger charge is -2.20. The van der Waals surface area contributed by atoms with Crippen LogP contribution in [0.25, 0.3) is 0 Å². The summed E-state index contributed by atoms with van der Waals surface area (Å²) in [4.78, 5) is 4.64. The molecular formula is C18H32IN3O2S. The van der Waals surface area contributed by atoms with Crippen LogP contribution in [-0.2, 0) is 11.3 Å². The molecule has 0 aromatic heterocycles. The molecule has 1 rings (SSSR count). The van der Waals surface area contributed by atoms with Gasteiger partial charge in [-0.25, -0.2) is 0 Å². The summed E-state index contributed by atoms with van der Waals surface area (Å²) in [5.41, 5.74) is 1.06. The van der Waals surface area contributed by atoms with E-state index in [0.29, 0.717) is 19.8 Å². The molecule has 0 amide bonds. The maximum absolute atomic E-state index is 5.73. The van der Waals surface area contributed by atoms with Gasteiger partial charge in [-0.15, -0.1) is 24.0 Å². The van der Waals surface area contributed by atoms with Crippen LogP contribution in [0.2, 0.25) is 0 Å². The third kappa shape index (κ3) is 10.2. The Bertz CT molecular complexity index is 513. The van der Waals surface area contributed by atoms with Crippen molar-refractivity contribution in [2.24, 2.45) is 4.99 Å². The first-order valence-corrected chi connectivity index (χ1v) is 9.52. The maximum atomic E-state index is 5.73. The second kappa shape index (κ2) is 13.5. The molecule has 144 valence electrons. The van der Waals surface area contributed by atoms with E-state index in [0.717, 1.165) is 30.4 Å². The Morgan fingerprint density at radius 3 is 2.60 bits per heavy atom. The predicted molar refractivity (Wildman–Crippen MR) is 120 cm³/mol. The average Bonchev–Trinajstić information content (AvgIpc) is 2.59. The van der Waals surface area contributed by atoms with Gasteiger partial charge < -0.3 is 20.1 Å². The summed E-state index contributed by atoms with van der Waals surface area (Å²) in [6.45, 7) is 9.92. The molecular weight excluding hydrogens is 449 g/mol. The number of halogens is 1. The first kappa shape index (κ1) is 24.3. The van der Waals surface area contributed by atoms with Gasteiger partial charge in [0.1, 0.15) is 5.75 Å². The molecule has 0 saturated carbocycles. The minimum Gasteiger partial charge on any atom is -0.496 e. The second-order valence-corrected chi connectivity index (χ2v) is 7.46. The fraction of sp³-hybridized carbons (Fsp3) is 0.611. The lowest BCUT2D eigenvalue weighted by atomic mass is 10.2. The number of guanidine groups is 1. The highest BCUT2D eigenvalue weighted by molar-refractivity contribution is 14.0. The van der Waals surface area contributed by atoms with E-state index < -0.39 is 0 Å². The van der Waals surface area contributed by atoms with Gasteiger partial charge in [-0.05, 0) is 33.1 Å². The zero-order valence-electron chi connectivity index (χ0n) is 15.9. The summed E-state index contributed by atoms with van der Waals surface area (Å²) in [5, 5.41) is 6.57. The van der Waals surface area contributed by atoms with E-state index in [-0.39, 0.29) is 28.7 Å². The molecule has 0 unspecified atom stereocenters. The minimum absolute atomic E-state index is 0. The van der Waals surface area contributed by atoms with Gasteiger partial charge in [0.25, 0.3) is 0 Å². The normalized spacial score (nSPS) is 11.6. The second-order valence-electron chi connectivity index (χ2n) is 5.95. The lowest BCUT2D eigenvalue weighted by molar-refractivity contribution is 0.123.